The Hall–Kier alpha value is -1.00. The van der Waals surface area contributed by atoms with Crippen molar-refractivity contribution in [1.29, 1.82) is 0 Å². The van der Waals surface area contributed by atoms with Crippen LogP contribution >= 0.6 is 0 Å². The maximum absolute atomic E-state index is 13.2. The molecule has 16 heavy (non-hydrogen) atoms. The van der Waals surface area contributed by atoms with Crippen LogP contribution in [0.4, 0.5) is 8.78 Å². The van der Waals surface area contributed by atoms with Crippen molar-refractivity contribution < 1.29 is 13.9 Å². The van der Waals surface area contributed by atoms with E-state index < -0.39 is 17.7 Å². The minimum Gasteiger partial charge on any atom is -0.392 e. The van der Waals surface area contributed by atoms with Gasteiger partial charge < -0.3 is 10.4 Å². The number of rotatable bonds is 5. The summed E-state index contributed by atoms with van der Waals surface area (Å²) in [6.07, 6.45) is 1.71. The molecule has 1 aromatic rings. The third kappa shape index (κ3) is 2.77. The molecule has 1 unspecified atom stereocenters. The van der Waals surface area contributed by atoms with E-state index in [2.05, 4.69) is 5.32 Å². The first kappa shape index (κ1) is 11.5. The fourth-order valence-corrected chi connectivity index (χ4v) is 1.69. The summed E-state index contributed by atoms with van der Waals surface area (Å²) in [5.74, 6) is -0.722. The highest BCUT2D eigenvalue weighted by Gasteiger charge is 2.29. The molecule has 1 atom stereocenters. The summed E-state index contributed by atoms with van der Waals surface area (Å²) in [7, 11) is 0. The Kier molecular flexibility index (Phi) is 3.51. The van der Waals surface area contributed by atoms with E-state index >= 15 is 0 Å². The van der Waals surface area contributed by atoms with Crippen molar-refractivity contribution in [1.82, 2.24) is 5.32 Å². The molecular formula is C12H15F2NO. The number of halogens is 2. The fraction of sp³-hybridized carbons (Fsp3) is 0.500. The van der Waals surface area contributed by atoms with Crippen molar-refractivity contribution in [3.05, 3.63) is 35.4 Å². The normalized spacial score (nSPS) is 17.4. The lowest BCUT2D eigenvalue weighted by Gasteiger charge is -2.11. The van der Waals surface area contributed by atoms with Crippen LogP contribution in [0.15, 0.2) is 18.2 Å². The molecule has 0 amide bonds. The van der Waals surface area contributed by atoms with E-state index in [1.165, 1.54) is 18.2 Å². The van der Waals surface area contributed by atoms with Gasteiger partial charge >= 0.3 is 0 Å². The van der Waals surface area contributed by atoms with Gasteiger partial charge in [-0.1, -0.05) is 6.07 Å². The molecule has 0 radical (unpaired) electrons. The lowest BCUT2D eigenvalue weighted by molar-refractivity contribution is 0.148. The van der Waals surface area contributed by atoms with Crippen molar-refractivity contribution in [2.45, 2.75) is 25.5 Å². The SMILES string of the molecule is OC(CNCc1c(F)cccc1F)C1CC1. The van der Waals surface area contributed by atoms with Crippen LogP contribution in [0.25, 0.3) is 0 Å². The molecule has 0 aromatic heterocycles. The Labute approximate surface area is 93.3 Å². The van der Waals surface area contributed by atoms with Crippen molar-refractivity contribution in [3.8, 4) is 0 Å². The second-order valence-electron chi connectivity index (χ2n) is 4.24. The van der Waals surface area contributed by atoms with Gasteiger partial charge in [-0.15, -0.1) is 0 Å². The molecule has 2 rings (SSSR count). The maximum Gasteiger partial charge on any atom is 0.130 e. The number of aliphatic hydroxyl groups excluding tert-OH is 1. The van der Waals surface area contributed by atoms with Crippen LogP contribution in [0.2, 0.25) is 0 Å². The number of benzene rings is 1. The van der Waals surface area contributed by atoms with Crippen molar-refractivity contribution in [2.75, 3.05) is 6.54 Å². The van der Waals surface area contributed by atoms with Gasteiger partial charge in [-0.2, -0.15) is 0 Å². The summed E-state index contributed by atoms with van der Waals surface area (Å²) in [5, 5.41) is 12.4. The first-order valence-electron chi connectivity index (χ1n) is 5.50. The second-order valence-corrected chi connectivity index (χ2v) is 4.24. The Balaban J connectivity index is 1.84. The van der Waals surface area contributed by atoms with Crippen LogP contribution in [0, 0.1) is 17.6 Å². The van der Waals surface area contributed by atoms with Crippen molar-refractivity contribution in [3.63, 3.8) is 0 Å². The summed E-state index contributed by atoms with van der Waals surface area (Å²) in [6.45, 7) is 0.501. The van der Waals surface area contributed by atoms with Crippen LogP contribution < -0.4 is 5.32 Å². The van der Waals surface area contributed by atoms with Gasteiger partial charge in [-0.25, -0.2) is 8.78 Å². The topological polar surface area (TPSA) is 32.3 Å². The predicted octanol–water partition coefficient (Wildman–Crippen LogP) is 1.83. The second kappa shape index (κ2) is 4.89. The molecule has 2 N–H and O–H groups in total. The number of hydrogen-bond donors (Lipinski definition) is 2. The van der Waals surface area contributed by atoms with E-state index in [1.807, 2.05) is 0 Å². The van der Waals surface area contributed by atoms with Gasteiger partial charge in [0.15, 0.2) is 0 Å². The lowest BCUT2D eigenvalue weighted by Crippen LogP contribution is -2.28. The van der Waals surface area contributed by atoms with Crippen LogP contribution in [0.5, 0.6) is 0 Å². The summed E-state index contributed by atoms with van der Waals surface area (Å²) in [5.41, 5.74) is 0.0329. The van der Waals surface area contributed by atoms with Crippen molar-refractivity contribution >= 4 is 0 Å². The van der Waals surface area contributed by atoms with E-state index in [1.54, 1.807) is 0 Å². The van der Waals surface area contributed by atoms with Gasteiger partial charge in [0.1, 0.15) is 11.6 Å². The molecule has 4 heteroatoms. The zero-order valence-electron chi connectivity index (χ0n) is 8.92. The Morgan fingerprint density at radius 1 is 1.31 bits per heavy atom. The quantitative estimate of drug-likeness (QED) is 0.804. The molecule has 0 saturated heterocycles. The third-order valence-electron chi connectivity index (χ3n) is 2.88. The van der Waals surface area contributed by atoms with Crippen LogP contribution in [0.3, 0.4) is 0 Å². The minimum absolute atomic E-state index is 0.0329. The molecule has 0 aliphatic heterocycles. The Bertz CT molecular complexity index is 346. The van der Waals surface area contributed by atoms with Gasteiger partial charge in [-0.05, 0) is 30.9 Å². The maximum atomic E-state index is 13.2. The number of aliphatic hydroxyl groups is 1. The third-order valence-corrected chi connectivity index (χ3v) is 2.88. The highest BCUT2D eigenvalue weighted by Crippen LogP contribution is 2.32. The molecule has 0 heterocycles. The molecule has 2 nitrogen and oxygen atoms in total. The molecular weight excluding hydrogens is 212 g/mol. The zero-order chi connectivity index (χ0) is 11.5. The molecule has 0 bridgehead atoms. The zero-order valence-corrected chi connectivity index (χ0v) is 8.92. The Morgan fingerprint density at radius 2 is 1.94 bits per heavy atom. The average Bonchev–Trinajstić information content (AvgIpc) is 3.05. The fourth-order valence-electron chi connectivity index (χ4n) is 1.69. The van der Waals surface area contributed by atoms with E-state index in [-0.39, 0.29) is 12.1 Å². The first-order valence-corrected chi connectivity index (χ1v) is 5.50. The standard InChI is InChI=1S/C12H15F2NO/c13-10-2-1-3-11(14)9(10)6-15-7-12(16)8-4-5-8/h1-3,8,12,15-16H,4-7H2. The van der Waals surface area contributed by atoms with Crippen LogP contribution in [-0.4, -0.2) is 17.8 Å². The van der Waals surface area contributed by atoms with E-state index in [4.69, 9.17) is 0 Å². The molecule has 1 aliphatic rings. The van der Waals surface area contributed by atoms with Gasteiger partial charge in [-0.3, -0.25) is 0 Å². The minimum atomic E-state index is -0.548. The number of hydrogen-bond acceptors (Lipinski definition) is 2. The predicted molar refractivity (Wildman–Crippen MR) is 56.8 cm³/mol. The smallest absolute Gasteiger partial charge is 0.130 e. The van der Waals surface area contributed by atoms with Gasteiger partial charge in [0, 0.05) is 18.7 Å². The summed E-state index contributed by atoms with van der Waals surface area (Å²) >= 11 is 0. The van der Waals surface area contributed by atoms with Gasteiger partial charge in [0.2, 0.25) is 0 Å². The van der Waals surface area contributed by atoms with E-state index in [0.29, 0.717) is 12.5 Å². The monoisotopic (exact) mass is 227 g/mol. The van der Waals surface area contributed by atoms with Crippen molar-refractivity contribution in [2.24, 2.45) is 5.92 Å². The molecule has 88 valence electrons. The summed E-state index contributed by atoms with van der Waals surface area (Å²) in [4.78, 5) is 0. The summed E-state index contributed by atoms with van der Waals surface area (Å²) < 4.78 is 26.4. The molecule has 1 saturated carbocycles. The van der Waals surface area contributed by atoms with Crippen LogP contribution in [0.1, 0.15) is 18.4 Å². The molecule has 1 aromatic carbocycles. The Morgan fingerprint density at radius 3 is 2.50 bits per heavy atom. The summed E-state index contributed by atoms with van der Waals surface area (Å²) in [6, 6.07) is 3.81. The average molecular weight is 227 g/mol. The first-order chi connectivity index (χ1) is 7.68. The van der Waals surface area contributed by atoms with Gasteiger partial charge in [0.05, 0.1) is 6.10 Å². The molecule has 1 fully saturated rings. The van der Waals surface area contributed by atoms with Crippen LogP contribution in [-0.2, 0) is 6.54 Å². The highest BCUT2D eigenvalue weighted by atomic mass is 19.1. The number of nitrogens with one attached hydrogen (secondary N) is 1. The lowest BCUT2D eigenvalue weighted by atomic mass is 10.2. The van der Waals surface area contributed by atoms with E-state index in [9.17, 15) is 13.9 Å². The highest BCUT2D eigenvalue weighted by molar-refractivity contribution is 5.19. The van der Waals surface area contributed by atoms with Gasteiger partial charge in [0.25, 0.3) is 0 Å². The largest absolute Gasteiger partial charge is 0.392 e. The van der Waals surface area contributed by atoms with E-state index in [0.717, 1.165) is 12.8 Å². The molecule has 0 spiro atoms. The molecule has 1 aliphatic carbocycles.